The predicted octanol–water partition coefficient (Wildman–Crippen LogP) is 3.13. The van der Waals surface area contributed by atoms with Crippen molar-refractivity contribution in [2.45, 2.75) is 29.3 Å². The Hall–Kier alpha value is -0.350. The van der Waals surface area contributed by atoms with Crippen molar-refractivity contribution >= 4 is 33.0 Å². The summed E-state index contributed by atoms with van der Waals surface area (Å²) in [5, 5.41) is 0. The molecule has 1 aliphatic heterocycles. The third-order valence-corrected chi connectivity index (χ3v) is 6.64. The highest BCUT2D eigenvalue weighted by Gasteiger charge is 2.41. The second kappa shape index (κ2) is 6.41. The Kier molecular flexibility index (Phi) is 5.19. The molecule has 4 nitrogen and oxygen atoms in total. The third kappa shape index (κ3) is 4.32. The van der Waals surface area contributed by atoms with Crippen molar-refractivity contribution in [3.8, 4) is 0 Å². The lowest BCUT2D eigenvalue weighted by molar-refractivity contribution is -0.141. The highest BCUT2D eigenvalue weighted by Crippen LogP contribution is 2.32. The SMILES string of the molecule is O=S(=O)(c1ccc(Cl)s1)N(CC(F)(F)F)C1CCOCC1. The zero-order chi connectivity index (χ0) is 15.7. The molecule has 0 bridgehead atoms. The van der Waals surface area contributed by atoms with Crippen molar-refractivity contribution in [1.82, 2.24) is 4.31 Å². The van der Waals surface area contributed by atoms with Gasteiger partial charge in [-0.1, -0.05) is 11.6 Å². The lowest BCUT2D eigenvalue weighted by Gasteiger charge is -2.33. The summed E-state index contributed by atoms with van der Waals surface area (Å²) in [5.74, 6) is 0. The summed E-state index contributed by atoms with van der Waals surface area (Å²) in [7, 11) is -4.22. The molecule has 0 aromatic carbocycles. The number of sulfonamides is 1. The van der Waals surface area contributed by atoms with Gasteiger partial charge in [-0.3, -0.25) is 0 Å². The Morgan fingerprint density at radius 2 is 1.95 bits per heavy atom. The minimum atomic E-state index is -4.60. The summed E-state index contributed by atoms with van der Waals surface area (Å²) < 4.78 is 68.8. The fourth-order valence-electron chi connectivity index (χ4n) is 2.11. The van der Waals surface area contributed by atoms with Crippen LogP contribution in [0.5, 0.6) is 0 Å². The normalized spacial score (nSPS) is 18.3. The molecule has 0 N–H and O–H groups in total. The molecule has 0 spiro atoms. The number of thiophene rings is 1. The molecular formula is C11H13ClF3NO3S2. The quantitative estimate of drug-likeness (QED) is 0.825. The van der Waals surface area contributed by atoms with Gasteiger partial charge in [-0.05, 0) is 25.0 Å². The highest BCUT2D eigenvalue weighted by molar-refractivity contribution is 7.91. The van der Waals surface area contributed by atoms with Crippen LogP contribution in [-0.4, -0.2) is 44.7 Å². The van der Waals surface area contributed by atoms with E-state index in [9.17, 15) is 21.6 Å². The number of nitrogens with zero attached hydrogens (tertiary/aromatic N) is 1. The minimum Gasteiger partial charge on any atom is -0.381 e. The highest BCUT2D eigenvalue weighted by atomic mass is 35.5. The van der Waals surface area contributed by atoms with Crippen molar-refractivity contribution in [2.75, 3.05) is 19.8 Å². The molecule has 2 heterocycles. The van der Waals surface area contributed by atoms with Crippen LogP contribution in [0, 0.1) is 0 Å². The molecule has 0 radical (unpaired) electrons. The van der Waals surface area contributed by atoms with E-state index < -0.39 is 28.8 Å². The fourth-order valence-corrected chi connectivity index (χ4v) is 5.39. The first-order chi connectivity index (χ1) is 9.70. The molecule has 0 saturated carbocycles. The second-order valence-electron chi connectivity index (χ2n) is 4.57. The first kappa shape index (κ1) is 17.0. The van der Waals surface area contributed by atoms with E-state index in [1.807, 2.05) is 0 Å². The van der Waals surface area contributed by atoms with Gasteiger partial charge in [0.2, 0.25) is 0 Å². The lowest BCUT2D eigenvalue weighted by Crippen LogP contribution is -2.47. The molecule has 0 amide bonds. The maximum absolute atomic E-state index is 12.8. The molecule has 1 aromatic heterocycles. The van der Waals surface area contributed by atoms with Crippen molar-refractivity contribution in [2.24, 2.45) is 0 Å². The first-order valence-electron chi connectivity index (χ1n) is 6.12. The second-order valence-corrected chi connectivity index (χ2v) is 8.40. The van der Waals surface area contributed by atoms with Gasteiger partial charge in [0, 0.05) is 19.3 Å². The third-order valence-electron chi connectivity index (χ3n) is 3.04. The van der Waals surface area contributed by atoms with E-state index in [0.29, 0.717) is 4.31 Å². The molecule has 10 heteroatoms. The van der Waals surface area contributed by atoms with Crippen LogP contribution in [0.2, 0.25) is 4.34 Å². The zero-order valence-electron chi connectivity index (χ0n) is 10.8. The lowest BCUT2D eigenvalue weighted by atomic mass is 10.1. The summed E-state index contributed by atoms with van der Waals surface area (Å²) in [6.07, 6.45) is -4.12. The van der Waals surface area contributed by atoms with E-state index >= 15 is 0 Å². The van der Waals surface area contributed by atoms with Crippen LogP contribution >= 0.6 is 22.9 Å². The maximum Gasteiger partial charge on any atom is 0.402 e. The van der Waals surface area contributed by atoms with Crippen LogP contribution in [0.4, 0.5) is 13.2 Å². The largest absolute Gasteiger partial charge is 0.402 e. The van der Waals surface area contributed by atoms with Crippen LogP contribution in [0.1, 0.15) is 12.8 Å². The summed E-state index contributed by atoms with van der Waals surface area (Å²) >= 11 is 6.43. The van der Waals surface area contributed by atoms with Gasteiger partial charge in [-0.25, -0.2) is 8.42 Å². The number of ether oxygens (including phenoxy) is 1. The van der Waals surface area contributed by atoms with Crippen molar-refractivity contribution in [3.63, 3.8) is 0 Å². The molecule has 1 aliphatic rings. The minimum absolute atomic E-state index is 0.178. The molecular weight excluding hydrogens is 351 g/mol. The van der Waals surface area contributed by atoms with Gasteiger partial charge < -0.3 is 4.74 Å². The smallest absolute Gasteiger partial charge is 0.381 e. The van der Waals surface area contributed by atoms with Gasteiger partial charge in [0.15, 0.2) is 0 Å². The Bertz CT molecular complexity index is 582. The van der Waals surface area contributed by atoms with Crippen LogP contribution in [-0.2, 0) is 14.8 Å². The molecule has 1 aromatic rings. The van der Waals surface area contributed by atoms with Gasteiger partial charge in [-0.15, -0.1) is 11.3 Å². The van der Waals surface area contributed by atoms with Crippen LogP contribution in [0.15, 0.2) is 16.3 Å². The Morgan fingerprint density at radius 1 is 1.33 bits per heavy atom. The summed E-state index contributed by atoms with van der Waals surface area (Å²) in [6, 6.07) is 1.87. The van der Waals surface area contributed by atoms with Gasteiger partial charge in [0.25, 0.3) is 10.0 Å². The number of alkyl halides is 3. The Balaban J connectivity index is 2.33. The van der Waals surface area contributed by atoms with E-state index in [-0.39, 0.29) is 34.6 Å². The van der Waals surface area contributed by atoms with E-state index in [0.717, 1.165) is 11.3 Å². The number of hydrogen-bond acceptors (Lipinski definition) is 4. The predicted molar refractivity (Wildman–Crippen MR) is 73.1 cm³/mol. The molecule has 1 fully saturated rings. The number of rotatable bonds is 4. The molecule has 120 valence electrons. The molecule has 1 saturated heterocycles. The Morgan fingerprint density at radius 3 is 2.43 bits per heavy atom. The van der Waals surface area contributed by atoms with Crippen LogP contribution in [0.3, 0.4) is 0 Å². The maximum atomic E-state index is 12.8. The summed E-state index contributed by atoms with van der Waals surface area (Å²) in [4.78, 5) is 0. The average Bonchev–Trinajstić information content (AvgIpc) is 2.83. The van der Waals surface area contributed by atoms with Gasteiger partial charge in [0.1, 0.15) is 10.8 Å². The van der Waals surface area contributed by atoms with E-state index in [1.165, 1.54) is 12.1 Å². The van der Waals surface area contributed by atoms with Gasteiger partial charge >= 0.3 is 6.18 Å². The van der Waals surface area contributed by atoms with Crippen molar-refractivity contribution < 1.29 is 26.3 Å². The fraction of sp³-hybridized carbons (Fsp3) is 0.636. The van der Waals surface area contributed by atoms with Crippen LogP contribution in [0.25, 0.3) is 0 Å². The Labute approximate surface area is 129 Å². The molecule has 21 heavy (non-hydrogen) atoms. The van der Waals surface area contributed by atoms with Crippen LogP contribution < -0.4 is 0 Å². The monoisotopic (exact) mass is 363 g/mol. The molecule has 2 rings (SSSR count). The van der Waals surface area contributed by atoms with Crippen molar-refractivity contribution in [3.05, 3.63) is 16.5 Å². The average molecular weight is 364 g/mol. The van der Waals surface area contributed by atoms with Gasteiger partial charge in [0.05, 0.1) is 4.34 Å². The standard InChI is InChI=1S/C11H13ClF3NO3S2/c12-9-1-2-10(20-9)21(17,18)16(7-11(13,14)15)8-3-5-19-6-4-8/h1-2,8H,3-7H2. The number of halogens is 4. The summed E-state index contributed by atoms with van der Waals surface area (Å²) in [6.45, 7) is -1.00. The molecule has 0 unspecified atom stereocenters. The van der Waals surface area contributed by atoms with E-state index in [2.05, 4.69) is 0 Å². The topological polar surface area (TPSA) is 46.6 Å². The molecule has 0 aliphatic carbocycles. The van der Waals surface area contributed by atoms with Gasteiger partial charge in [-0.2, -0.15) is 17.5 Å². The summed E-state index contributed by atoms with van der Waals surface area (Å²) in [5.41, 5.74) is 0. The number of hydrogen-bond donors (Lipinski definition) is 0. The molecule has 0 atom stereocenters. The zero-order valence-corrected chi connectivity index (χ0v) is 13.2. The van der Waals surface area contributed by atoms with E-state index in [1.54, 1.807) is 0 Å². The first-order valence-corrected chi connectivity index (χ1v) is 8.75. The van der Waals surface area contributed by atoms with E-state index in [4.69, 9.17) is 16.3 Å². The van der Waals surface area contributed by atoms with Crippen molar-refractivity contribution in [1.29, 1.82) is 0 Å².